The Hall–Kier alpha value is -3.37. The van der Waals surface area contributed by atoms with Gasteiger partial charge in [-0.1, -0.05) is 86.1 Å². The Kier molecular flexibility index (Phi) is 7.94. The minimum atomic E-state index is 0.829. The molecule has 0 aliphatic rings. The van der Waals surface area contributed by atoms with E-state index in [1.807, 2.05) is 6.07 Å². The second kappa shape index (κ2) is 11.5. The van der Waals surface area contributed by atoms with Crippen LogP contribution in [0.3, 0.4) is 0 Å². The summed E-state index contributed by atoms with van der Waals surface area (Å²) in [5, 5.41) is 0. The van der Waals surface area contributed by atoms with Crippen LogP contribution in [0.2, 0.25) is 0 Å². The van der Waals surface area contributed by atoms with E-state index in [0.29, 0.717) is 0 Å². The molecule has 0 aliphatic heterocycles. The van der Waals surface area contributed by atoms with Crippen molar-refractivity contribution in [2.75, 3.05) is 7.11 Å². The van der Waals surface area contributed by atoms with E-state index in [1.54, 1.807) is 7.11 Å². The molecule has 0 N–H and O–H groups in total. The van der Waals surface area contributed by atoms with Crippen LogP contribution in [0.4, 0.5) is 0 Å². The fourth-order valence-corrected chi connectivity index (χ4v) is 4.19. The van der Waals surface area contributed by atoms with Crippen molar-refractivity contribution < 1.29 is 4.74 Å². The number of hydrogen-bond acceptors (Lipinski definition) is 3. The molecule has 4 aromatic rings. The lowest BCUT2D eigenvalue weighted by atomic mass is 10.1. The molecule has 4 nitrogen and oxygen atoms in total. The van der Waals surface area contributed by atoms with Gasteiger partial charge in [-0.25, -0.2) is 4.98 Å². The summed E-state index contributed by atoms with van der Waals surface area (Å²) >= 11 is 0. The molecule has 33 heavy (non-hydrogen) atoms. The Morgan fingerprint density at radius 1 is 0.818 bits per heavy atom. The third-order valence-corrected chi connectivity index (χ3v) is 5.88. The maximum Gasteiger partial charge on any atom is 0.140 e. The zero-order chi connectivity index (χ0) is 22.9. The zero-order valence-electron chi connectivity index (χ0n) is 19.7. The Bertz CT molecular complexity index is 1120. The molecule has 1 aromatic heterocycles. The molecule has 0 unspecified atom stereocenters. The van der Waals surface area contributed by atoms with Gasteiger partial charge < -0.3 is 9.30 Å². The molecule has 4 heteroatoms. The average Bonchev–Trinajstić information content (AvgIpc) is 3.26. The molecule has 0 amide bonds. The van der Waals surface area contributed by atoms with Crippen LogP contribution in [0.1, 0.15) is 36.6 Å². The largest absolute Gasteiger partial charge is 0.497 e. The van der Waals surface area contributed by atoms with E-state index < -0.39 is 0 Å². The van der Waals surface area contributed by atoms with Gasteiger partial charge in [-0.05, 0) is 29.7 Å². The molecule has 0 saturated heterocycles. The second-order valence-electron chi connectivity index (χ2n) is 8.43. The quantitative estimate of drug-likeness (QED) is 0.265. The van der Waals surface area contributed by atoms with Gasteiger partial charge in [-0.15, -0.1) is 0 Å². The second-order valence-corrected chi connectivity index (χ2v) is 8.43. The summed E-state index contributed by atoms with van der Waals surface area (Å²) in [5.41, 5.74) is 4.97. The van der Waals surface area contributed by atoms with Crippen molar-refractivity contribution in [2.24, 2.45) is 0 Å². The molecular formula is C29H33N3O. The molecule has 0 atom stereocenters. The van der Waals surface area contributed by atoms with Crippen molar-refractivity contribution in [3.05, 3.63) is 108 Å². The monoisotopic (exact) mass is 439 g/mol. The van der Waals surface area contributed by atoms with Crippen LogP contribution in [0.25, 0.3) is 11.4 Å². The first-order valence-electron chi connectivity index (χ1n) is 11.8. The van der Waals surface area contributed by atoms with E-state index >= 15 is 0 Å². The van der Waals surface area contributed by atoms with Crippen molar-refractivity contribution in [3.63, 3.8) is 0 Å². The number of rotatable bonds is 11. The van der Waals surface area contributed by atoms with Gasteiger partial charge in [0.25, 0.3) is 0 Å². The van der Waals surface area contributed by atoms with Gasteiger partial charge in [0.05, 0.1) is 19.0 Å². The van der Waals surface area contributed by atoms with E-state index in [9.17, 15) is 0 Å². The lowest BCUT2D eigenvalue weighted by Gasteiger charge is -2.24. The minimum Gasteiger partial charge on any atom is -0.497 e. The molecule has 1 heterocycles. The summed E-state index contributed by atoms with van der Waals surface area (Å²) in [6, 6.07) is 29.6. The smallest absolute Gasteiger partial charge is 0.140 e. The van der Waals surface area contributed by atoms with Crippen LogP contribution in [-0.2, 0) is 26.2 Å². The van der Waals surface area contributed by atoms with Gasteiger partial charge in [0, 0.05) is 31.7 Å². The first-order valence-corrected chi connectivity index (χ1v) is 11.8. The fraction of sp³-hybridized carbons (Fsp3) is 0.276. The number of nitrogens with zero attached hydrogens (tertiary/aromatic N) is 3. The third-order valence-electron chi connectivity index (χ3n) is 5.88. The third kappa shape index (κ3) is 6.11. The molecule has 0 saturated carbocycles. The Morgan fingerprint density at radius 3 is 2.24 bits per heavy atom. The van der Waals surface area contributed by atoms with Gasteiger partial charge in [-0.2, -0.15) is 0 Å². The van der Waals surface area contributed by atoms with Crippen LogP contribution < -0.4 is 4.74 Å². The van der Waals surface area contributed by atoms with Gasteiger partial charge >= 0.3 is 0 Å². The van der Waals surface area contributed by atoms with Crippen molar-refractivity contribution in [1.82, 2.24) is 14.5 Å². The number of hydrogen-bond donors (Lipinski definition) is 0. The van der Waals surface area contributed by atoms with E-state index in [2.05, 4.69) is 101 Å². The number of aromatic nitrogens is 2. The highest BCUT2D eigenvalue weighted by atomic mass is 16.5. The number of ether oxygens (including phenoxy) is 1. The van der Waals surface area contributed by atoms with E-state index in [1.165, 1.54) is 22.4 Å². The standard InChI is InChI=1S/C29H33N3O/c1-3-4-18-32-27(20-30-29(32)26-15-9-6-10-16-26)23-31(21-24-12-7-5-8-13-24)22-25-14-11-17-28(19-25)33-2/h5-17,19-20H,3-4,18,21-23H2,1-2H3. The van der Waals surface area contributed by atoms with Crippen LogP contribution >= 0.6 is 0 Å². The Labute approximate surface area is 197 Å². The van der Waals surface area contributed by atoms with Gasteiger partial charge in [0.2, 0.25) is 0 Å². The highest BCUT2D eigenvalue weighted by Gasteiger charge is 2.16. The Balaban J connectivity index is 1.63. The molecule has 170 valence electrons. The Morgan fingerprint density at radius 2 is 1.52 bits per heavy atom. The molecule has 0 spiro atoms. The minimum absolute atomic E-state index is 0.829. The summed E-state index contributed by atoms with van der Waals surface area (Å²) in [6.45, 7) is 5.76. The molecule has 3 aromatic carbocycles. The lowest BCUT2D eigenvalue weighted by Crippen LogP contribution is -2.24. The van der Waals surface area contributed by atoms with E-state index in [-0.39, 0.29) is 0 Å². The zero-order valence-corrected chi connectivity index (χ0v) is 19.7. The normalized spacial score (nSPS) is 11.1. The van der Waals surface area contributed by atoms with Crippen LogP contribution in [0, 0.1) is 0 Å². The number of unbranched alkanes of at least 4 members (excludes halogenated alkanes) is 1. The molecule has 0 radical (unpaired) electrons. The number of methoxy groups -OCH3 is 1. The average molecular weight is 440 g/mol. The van der Waals surface area contributed by atoms with Gasteiger partial charge in [0.1, 0.15) is 11.6 Å². The summed E-state index contributed by atoms with van der Waals surface area (Å²) in [7, 11) is 1.72. The van der Waals surface area contributed by atoms with Gasteiger partial charge in [0.15, 0.2) is 0 Å². The molecule has 0 fully saturated rings. The van der Waals surface area contributed by atoms with Crippen molar-refractivity contribution in [2.45, 2.75) is 45.9 Å². The number of benzene rings is 3. The first kappa shape index (κ1) is 22.8. The summed E-state index contributed by atoms with van der Waals surface area (Å²) in [6.07, 6.45) is 4.35. The maximum atomic E-state index is 5.46. The maximum absolute atomic E-state index is 5.46. The fourth-order valence-electron chi connectivity index (χ4n) is 4.19. The highest BCUT2D eigenvalue weighted by molar-refractivity contribution is 5.55. The first-order chi connectivity index (χ1) is 16.3. The molecular weight excluding hydrogens is 406 g/mol. The van der Waals surface area contributed by atoms with Crippen molar-refractivity contribution in [3.8, 4) is 17.1 Å². The lowest BCUT2D eigenvalue weighted by molar-refractivity contribution is 0.240. The highest BCUT2D eigenvalue weighted by Crippen LogP contribution is 2.23. The van der Waals surface area contributed by atoms with Gasteiger partial charge in [-0.3, -0.25) is 4.90 Å². The predicted molar refractivity (Wildman–Crippen MR) is 135 cm³/mol. The molecule has 0 aliphatic carbocycles. The van der Waals surface area contributed by atoms with Crippen molar-refractivity contribution in [1.29, 1.82) is 0 Å². The SMILES string of the molecule is CCCCn1c(CN(Cc2ccccc2)Cc2cccc(OC)c2)cnc1-c1ccccc1. The summed E-state index contributed by atoms with van der Waals surface area (Å²) in [5.74, 6) is 1.95. The topological polar surface area (TPSA) is 30.3 Å². The van der Waals surface area contributed by atoms with E-state index in [0.717, 1.165) is 50.6 Å². The van der Waals surface area contributed by atoms with Crippen LogP contribution in [0.5, 0.6) is 5.75 Å². The molecule has 4 rings (SSSR count). The van der Waals surface area contributed by atoms with Crippen molar-refractivity contribution >= 4 is 0 Å². The summed E-state index contributed by atoms with van der Waals surface area (Å²) < 4.78 is 7.86. The summed E-state index contributed by atoms with van der Waals surface area (Å²) in [4.78, 5) is 7.33. The molecule has 0 bridgehead atoms. The van der Waals surface area contributed by atoms with E-state index in [4.69, 9.17) is 9.72 Å². The predicted octanol–water partition coefficient (Wildman–Crippen LogP) is 6.56. The van der Waals surface area contributed by atoms with Crippen LogP contribution in [-0.4, -0.2) is 21.6 Å². The van der Waals surface area contributed by atoms with Crippen LogP contribution in [0.15, 0.2) is 91.1 Å². The number of imidazole rings is 1.